The van der Waals surface area contributed by atoms with Crippen LogP contribution in [-0.4, -0.2) is 4.98 Å². The summed E-state index contributed by atoms with van der Waals surface area (Å²) in [4.78, 5) is 4.32. The first kappa shape index (κ1) is 13.0. The molecule has 0 aliphatic heterocycles. The van der Waals surface area contributed by atoms with Gasteiger partial charge in [0.05, 0.1) is 4.90 Å². The van der Waals surface area contributed by atoms with Crippen LogP contribution >= 0.6 is 11.8 Å². The Balaban J connectivity index is 2.28. The lowest BCUT2D eigenvalue weighted by Crippen LogP contribution is -2.05. The van der Waals surface area contributed by atoms with Crippen LogP contribution < -0.4 is 5.73 Å². The average Bonchev–Trinajstić information content (AvgIpc) is 2.34. The fourth-order valence-corrected chi connectivity index (χ4v) is 2.30. The quantitative estimate of drug-likeness (QED) is 0.923. The zero-order chi connectivity index (χ0) is 13.1. The normalized spacial score (nSPS) is 12.4. The van der Waals surface area contributed by atoms with E-state index in [-0.39, 0.29) is 10.9 Å². The highest BCUT2D eigenvalue weighted by Gasteiger charge is 2.08. The van der Waals surface area contributed by atoms with E-state index in [0.29, 0.717) is 5.03 Å². The summed E-state index contributed by atoms with van der Waals surface area (Å²) in [7, 11) is 0. The Morgan fingerprint density at radius 1 is 1.22 bits per heavy atom. The molecule has 0 bridgehead atoms. The summed E-state index contributed by atoms with van der Waals surface area (Å²) in [6, 6.07) is 6.80. The van der Waals surface area contributed by atoms with Crippen molar-refractivity contribution in [3.8, 4) is 0 Å². The molecule has 0 saturated carbocycles. The van der Waals surface area contributed by atoms with Gasteiger partial charge in [0.25, 0.3) is 0 Å². The summed E-state index contributed by atoms with van der Waals surface area (Å²) in [5.41, 5.74) is 6.67. The van der Waals surface area contributed by atoms with Gasteiger partial charge in [-0.15, -0.1) is 0 Å². The van der Waals surface area contributed by atoms with Crippen LogP contribution in [0.5, 0.6) is 0 Å². The van der Waals surface area contributed by atoms with Crippen LogP contribution in [0.4, 0.5) is 8.78 Å². The molecule has 1 aromatic heterocycles. The Labute approximate surface area is 108 Å². The minimum Gasteiger partial charge on any atom is -0.324 e. The summed E-state index contributed by atoms with van der Waals surface area (Å²) in [5.74, 6) is -0.934. The van der Waals surface area contributed by atoms with Crippen LogP contribution in [0.1, 0.15) is 18.5 Å². The van der Waals surface area contributed by atoms with Gasteiger partial charge >= 0.3 is 0 Å². The van der Waals surface area contributed by atoms with E-state index in [0.717, 1.165) is 35.5 Å². The van der Waals surface area contributed by atoms with Crippen molar-refractivity contribution in [2.24, 2.45) is 5.73 Å². The van der Waals surface area contributed by atoms with Gasteiger partial charge in [-0.1, -0.05) is 11.8 Å². The van der Waals surface area contributed by atoms with Gasteiger partial charge in [0, 0.05) is 12.2 Å². The molecule has 0 saturated heterocycles. The highest BCUT2D eigenvalue weighted by Crippen LogP contribution is 2.29. The number of benzene rings is 1. The predicted molar refractivity (Wildman–Crippen MR) is 67.3 cm³/mol. The van der Waals surface area contributed by atoms with Crippen molar-refractivity contribution >= 4 is 11.8 Å². The molecular formula is C13H12F2N2S. The zero-order valence-electron chi connectivity index (χ0n) is 9.73. The lowest BCUT2D eigenvalue weighted by Gasteiger charge is -2.07. The van der Waals surface area contributed by atoms with Crippen molar-refractivity contribution < 1.29 is 8.78 Å². The van der Waals surface area contributed by atoms with E-state index in [1.54, 1.807) is 18.3 Å². The lowest BCUT2D eigenvalue weighted by atomic mass is 10.1. The van der Waals surface area contributed by atoms with Gasteiger partial charge in [0.1, 0.15) is 16.7 Å². The van der Waals surface area contributed by atoms with Gasteiger partial charge in [0.15, 0.2) is 0 Å². The number of nitrogens with two attached hydrogens (primary N) is 1. The van der Waals surface area contributed by atoms with Crippen LogP contribution in [0, 0.1) is 11.6 Å². The van der Waals surface area contributed by atoms with E-state index >= 15 is 0 Å². The molecule has 0 amide bonds. The largest absolute Gasteiger partial charge is 0.324 e. The molecule has 5 heteroatoms. The third-order valence-corrected chi connectivity index (χ3v) is 3.36. The highest BCUT2D eigenvalue weighted by atomic mass is 32.2. The molecule has 2 aromatic rings. The van der Waals surface area contributed by atoms with E-state index in [9.17, 15) is 8.78 Å². The number of hydrogen-bond donors (Lipinski definition) is 1. The Morgan fingerprint density at radius 3 is 2.72 bits per heavy atom. The Kier molecular flexibility index (Phi) is 3.93. The van der Waals surface area contributed by atoms with Crippen molar-refractivity contribution in [1.82, 2.24) is 4.98 Å². The summed E-state index contributed by atoms with van der Waals surface area (Å²) >= 11 is 1.08. The maximum Gasteiger partial charge on any atom is 0.137 e. The van der Waals surface area contributed by atoms with E-state index in [4.69, 9.17) is 5.73 Å². The molecule has 2 nitrogen and oxygen atoms in total. The molecule has 18 heavy (non-hydrogen) atoms. The number of rotatable bonds is 3. The molecule has 0 aliphatic carbocycles. The standard InChI is InChI=1S/C13H12F2N2S/c1-8(16)9-4-5-17-13(6-9)18-12-7-10(14)2-3-11(12)15/h2-8H,16H2,1H3. The van der Waals surface area contributed by atoms with E-state index in [1.807, 2.05) is 6.92 Å². The van der Waals surface area contributed by atoms with Crippen molar-refractivity contribution in [1.29, 1.82) is 0 Å². The molecule has 0 aliphatic rings. The fourth-order valence-electron chi connectivity index (χ4n) is 1.43. The molecule has 94 valence electrons. The van der Waals surface area contributed by atoms with E-state index in [2.05, 4.69) is 4.98 Å². The minimum absolute atomic E-state index is 0.121. The van der Waals surface area contributed by atoms with Crippen molar-refractivity contribution in [3.05, 3.63) is 53.7 Å². The van der Waals surface area contributed by atoms with Gasteiger partial charge in [-0.25, -0.2) is 13.8 Å². The Bertz CT molecular complexity index is 558. The maximum atomic E-state index is 13.5. The summed E-state index contributed by atoms with van der Waals surface area (Å²) in [5, 5.41) is 0.592. The number of aromatic nitrogens is 1. The second kappa shape index (κ2) is 5.46. The fraction of sp³-hybridized carbons (Fsp3) is 0.154. The van der Waals surface area contributed by atoms with Crippen LogP contribution in [-0.2, 0) is 0 Å². The molecule has 0 spiro atoms. The topological polar surface area (TPSA) is 38.9 Å². The first-order chi connectivity index (χ1) is 8.56. The lowest BCUT2D eigenvalue weighted by molar-refractivity contribution is 0.577. The van der Waals surface area contributed by atoms with Crippen LogP contribution in [0.3, 0.4) is 0 Å². The molecule has 1 atom stereocenters. The van der Waals surface area contributed by atoms with Gasteiger partial charge in [0.2, 0.25) is 0 Å². The molecule has 2 N–H and O–H groups in total. The maximum absolute atomic E-state index is 13.5. The number of pyridine rings is 1. The first-order valence-corrected chi connectivity index (χ1v) is 6.22. The van der Waals surface area contributed by atoms with Crippen LogP contribution in [0.25, 0.3) is 0 Å². The molecule has 2 rings (SSSR count). The summed E-state index contributed by atoms with van der Waals surface area (Å²) in [6.45, 7) is 1.85. The Morgan fingerprint density at radius 2 is 2.00 bits per heavy atom. The van der Waals surface area contributed by atoms with Gasteiger partial charge in [-0.05, 0) is 42.8 Å². The predicted octanol–water partition coefficient (Wildman–Crippen LogP) is 3.53. The molecule has 1 aromatic carbocycles. The monoisotopic (exact) mass is 266 g/mol. The number of hydrogen-bond acceptors (Lipinski definition) is 3. The van der Waals surface area contributed by atoms with Gasteiger partial charge < -0.3 is 5.73 Å². The molecule has 1 heterocycles. The second-order valence-electron chi connectivity index (χ2n) is 3.89. The summed E-state index contributed by atoms with van der Waals surface area (Å²) in [6.07, 6.45) is 1.61. The highest BCUT2D eigenvalue weighted by molar-refractivity contribution is 7.99. The SMILES string of the molecule is CC(N)c1ccnc(Sc2cc(F)ccc2F)c1. The molecule has 0 fully saturated rings. The molecule has 0 radical (unpaired) electrons. The second-order valence-corrected chi connectivity index (χ2v) is 4.96. The third kappa shape index (κ3) is 3.05. The summed E-state index contributed by atoms with van der Waals surface area (Å²) < 4.78 is 26.5. The van der Waals surface area contributed by atoms with Crippen LogP contribution in [0.15, 0.2) is 46.5 Å². The van der Waals surface area contributed by atoms with Crippen LogP contribution in [0.2, 0.25) is 0 Å². The van der Waals surface area contributed by atoms with Gasteiger partial charge in [-0.2, -0.15) is 0 Å². The third-order valence-electron chi connectivity index (χ3n) is 2.39. The van der Waals surface area contributed by atoms with E-state index in [1.165, 1.54) is 0 Å². The average molecular weight is 266 g/mol. The van der Waals surface area contributed by atoms with Crippen molar-refractivity contribution in [2.75, 3.05) is 0 Å². The van der Waals surface area contributed by atoms with Crippen molar-refractivity contribution in [2.45, 2.75) is 22.9 Å². The van der Waals surface area contributed by atoms with Crippen molar-refractivity contribution in [3.63, 3.8) is 0 Å². The minimum atomic E-state index is -0.470. The number of halogens is 2. The van der Waals surface area contributed by atoms with Gasteiger partial charge in [-0.3, -0.25) is 0 Å². The number of nitrogens with zero attached hydrogens (tertiary/aromatic N) is 1. The zero-order valence-corrected chi connectivity index (χ0v) is 10.5. The Hall–Kier alpha value is -1.46. The molecule has 1 unspecified atom stereocenters. The first-order valence-electron chi connectivity index (χ1n) is 5.40. The molecular weight excluding hydrogens is 254 g/mol. The van der Waals surface area contributed by atoms with E-state index < -0.39 is 11.6 Å². The smallest absolute Gasteiger partial charge is 0.137 e.